The number of nitrogens with zero attached hydrogens (tertiary/aromatic N) is 1. The first-order valence-electron chi connectivity index (χ1n) is 7.27. The summed E-state index contributed by atoms with van der Waals surface area (Å²) in [6.07, 6.45) is 0.982. The maximum absolute atomic E-state index is 13.3. The Balaban J connectivity index is 2.31. The Morgan fingerprint density at radius 3 is 2.56 bits per heavy atom. The zero-order chi connectivity index (χ0) is 18.8. The number of pyridine rings is 1. The van der Waals surface area contributed by atoms with Crippen LogP contribution in [0.15, 0.2) is 46.3 Å². The molecule has 7 nitrogen and oxygen atoms in total. The Morgan fingerprint density at radius 1 is 1.32 bits per heavy atom. The van der Waals surface area contributed by atoms with E-state index in [0.717, 1.165) is 24.4 Å². The molecule has 0 aliphatic carbocycles. The van der Waals surface area contributed by atoms with Gasteiger partial charge >= 0.3 is 0 Å². The second kappa shape index (κ2) is 6.77. The number of carbonyl (C=O) groups is 1. The van der Waals surface area contributed by atoms with Crippen LogP contribution in [-0.2, 0) is 9.84 Å². The topological polar surface area (TPSA) is 122 Å². The quantitative estimate of drug-likeness (QED) is 0.728. The molecule has 1 aromatic heterocycles. The van der Waals surface area contributed by atoms with Crippen molar-refractivity contribution in [2.45, 2.75) is 29.2 Å². The van der Waals surface area contributed by atoms with Gasteiger partial charge in [-0.25, -0.2) is 17.8 Å². The molecule has 0 unspecified atom stereocenters. The van der Waals surface area contributed by atoms with Gasteiger partial charge in [-0.3, -0.25) is 4.79 Å². The highest BCUT2D eigenvalue weighted by molar-refractivity contribution is 7.91. The number of hydrogen-bond donors (Lipinski definition) is 3. The van der Waals surface area contributed by atoms with Crippen molar-refractivity contribution in [3.63, 3.8) is 0 Å². The van der Waals surface area contributed by atoms with E-state index in [2.05, 4.69) is 10.3 Å². The maximum Gasteiger partial charge on any atom is 0.272 e. The Labute approximate surface area is 144 Å². The third-order valence-electron chi connectivity index (χ3n) is 3.21. The van der Waals surface area contributed by atoms with Gasteiger partial charge in [0.2, 0.25) is 9.84 Å². The SMILES string of the molecule is CC(C)(O)CNC(=O)c1ncc(S(=O)(=O)c2cccc(F)c2)cc1N. The largest absolute Gasteiger partial charge is 0.397 e. The highest BCUT2D eigenvalue weighted by Gasteiger charge is 2.22. The first-order valence-corrected chi connectivity index (χ1v) is 8.76. The lowest BCUT2D eigenvalue weighted by molar-refractivity contribution is 0.0692. The summed E-state index contributed by atoms with van der Waals surface area (Å²) >= 11 is 0. The van der Waals surface area contributed by atoms with Gasteiger partial charge < -0.3 is 16.2 Å². The molecule has 0 radical (unpaired) electrons. The van der Waals surface area contributed by atoms with Crippen molar-refractivity contribution in [3.8, 4) is 0 Å². The van der Waals surface area contributed by atoms with E-state index in [-0.39, 0.29) is 27.7 Å². The van der Waals surface area contributed by atoms with Gasteiger partial charge in [0.15, 0.2) is 5.69 Å². The van der Waals surface area contributed by atoms with Crippen LogP contribution in [-0.4, -0.2) is 36.6 Å². The Morgan fingerprint density at radius 2 is 2.00 bits per heavy atom. The third kappa shape index (κ3) is 4.52. The van der Waals surface area contributed by atoms with E-state index in [4.69, 9.17) is 5.73 Å². The number of halogens is 1. The number of benzene rings is 1. The van der Waals surface area contributed by atoms with Crippen LogP contribution in [0.5, 0.6) is 0 Å². The first kappa shape index (κ1) is 18.8. The van der Waals surface area contributed by atoms with Crippen LogP contribution in [0.1, 0.15) is 24.3 Å². The van der Waals surface area contributed by atoms with Gasteiger partial charge in [-0.1, -0.05) is 6.07 Å². The van der Waals surface area contributed by atoms with Crippen LogP contribution < -0.4 is 11.1 Å². The highest BCUT2D eigenvalue weighted by atomic mass is 32.2. The lowest BCUT2D eigenvalue weighted by Gasteiger charge is -2.17. The number of carbonyl (C=O) groups excluding carboxylic acids is 1. The minimum atomic E-state index is -4.02. The minimum absolute atomic E-state index is 0.0315. The molecule has 0 aliphatic rings. The molecule has 0 aliphatic heterocycles. The smallest absolute Gasteiger partial charge is 0.272 e. The third-order valence-corrected chi connectivity index (χ3v) is 4.92. The predicted molar refractivity (Wildman–Crippen MR) is 89.1 cm³/mol. The average Bonchev–Trinajstić information content (AvgIpc) is 2.51. The fourth-order valence-corrected chi connectivity index (χ4v) is 3.22. The minimum Gasteiger partial charge on any atom is -0.397 e. The number of aromatic nitrogens is 1. The Bertz CT molecular complexity index is 908. The van der Waals surface area contributed by atoms with Gasteiger partial charge in [0.05, 0.1) is 21.1 Å². The van der Waals surface area contributed by atoms with Crippen LogP contribution >= 0.6 is 0 Å². The zero-order valence-electron chi connectivity index (χ0n) is 13.7. The second-order valence-electron chi connectivity index (χ2n) is 6.06. The van der Waals surface area contributed by atoms with Gasteiger partial charge in [0.1, 0.15) is 5.82 Å². The van der Waals surface area contributed by atoms with Crippen molar-refractivity contribution in [2.75, 3.05) is 12.3 Å². The van der Waals surface area contributed by atoms with Gasteiger partial charge in [-0.05, 0) is 38.1 Å². The molecular formula is C16H18FN3O4S. The molecule has 9 heteroatoms. The molecule has 2 rings (SSSR count). The first-order chi connectivity index (χ1) is 11.5. The molecule has 0 spiro atoms. The van der Waals surface area contributed by atoms with Crippen molar-refractivity contribution in [1.29, 1.82) is 0 Å². The molecule has 1 amide bonds. The number of hydrogen-bond acceptors (Lipinski definition) is 6. The van der Waals surface area contributed by atoms with E-state index < -0.39 is 27.2 Å². The molecular weight excluding hydrogens is 349 g/mol. The molecule has 1 aromatic carbocycles. The fraction of sp³-hybridized carbons (Fsp3) is 0.250. The van der Waals surface area contributed by atoms with E-state index in [0.29, 0.717) is 0 Å². The number of amides is 1. The van der Waals surface area contributed by atoms with Crippen molar-refractivity contribution < 1.29 is 22.7 Å². The molecule has 4 N–H and O–H groups in total. The molecule has 2 aromatic rings. The molecule has 0 fully saturated rings. The summed E-state index contributed by atoms with van der Waals surface area (Å²) in [6.45, 7) is 2.99. The van der Waals surface area contributed by atoms with Gasteiger partial charge in [0.25, 0.3) is 5.91 Å². The highest BCUT2D eigenvalue weighted by Crippen LogP contribution is 2.23. The molecule has 25 heavy (non-hydrogen) atoms. The number of aliphatic hydroxyl groups is 1. The van der Waals surface area contributed by atoms with Crippen LogP contribution in [0, 0.1) is 5.82 Å². The molecule has 1 heterocycles. The normalized spacial score (nSPS) is 12.0. The summed E-state index contributed by atoms with van der Waals surface area (Å²) in [5, 5.41) is 12.1. The monoisotopic (exact) mass is 367 g/mol. The predicted octanol–water partition coefficient (Wildman–Crippen LogP) is 1.14. The van der Waals surface area contributed by atoms with Crippen molar-refractivity contribution >= 4 is 21.4 Å². The van der Waals surface area contributed by atoms with Crippen LogP contribution in [0.2, 0.25) is 0 Å². The number of nitrogens with two attached hydrogens (primary N) is 1. The van der Waals surface area contributed by atoms with Crippen molar-refractivity contribution in [2.24, 2.45) is 0 Å². The lowest BCUT2D eigenvalue weighted by atomic mass is 10.1. The molecule has 0 atom stereocenters. The fourth-order valence-electron chi connectivity index (χ4n) is 1.95. The van der Waals surface area contributed by atoms with Gasteiger partial charge in [-0.15, -0.1) is 0 Å². The molecule has 0 saturated heterocycles. The Kier molecular flexibility index (Phi) is 5.09. The number of anilines is 1. The van der Waals surface area contributed by atoms with E-state index in [1.807, 2.05) is 0 Å². The van der Waals surface area contributed by atoms with Crippen LogP contribution in [0.25, 0.3) is 0 Å². The van der Waals surface area contributed by atoms with E-state index in [9.17, 15) is 22.7 Å². The number of sulfone groups is 1. The standard InChI is InChI=1S/C16H18FN3O4S/c1-16(2,22)9-20-15(21)14-13(18)7-12(8-19-14)25(23,24)11-5-3-4-10(17)6-11/h3-8,22H,9,18H2,1-2H3,(H,20,21). The molecule has 0 saturated carbocycles. The zero-order valence-corrected chi connectivity index (χ0v) is 14.5. The molecule has 0 bridgehead atoms. The van der Waals surface area contributed by atoms with Crippen molar-refractivity contribution in [3.05, 3.63) is 48.0 Å². The summed E-state index contributed by atoms with van der Waals surface area (Å²) in [6, 6.07) is 5.62. The van der Waals surface area contributed by atoms with Crippen molar-refractivity contribution in [1.82, 2.24) is 10.3 Å². The van der Waals surface area contributed by atoms with E-state index in [1.54, 1.807) is 0 Å². The maximum atomic E-state index is 13.3. The number of rotatable bonds is 5. The van der Waals surface area contributed by atoms with Crippen LogP contribution in [0.3, 0.4) is 0 Å². The summed E-state index contributed by atoms with van der Waals surface area (Å²) < 4.78 is 38.2. The second-order valence-corrected chi connectivity index (χ2v) is 8.01. The summed E-state index contributed by atoms with van der Waals surface area (Å²) in [7, 11) is -4.02. The summed E-state index contributed by atoms with van der Waals surface area (Å²) in [4.78, 5) is 15.3. The summed E-state index contributed by atoms with van der Waals surface area (Å²) in [5.74, 6) is -1.33. The number of nitrogens with one attached hydrogen (secondary N) is 1. The van der Waals surface area contributed by atoms with Gasteiger partial charge in [0, 0.05) is 12.7 Å². The van der Waals surface area contributed by atoms with Crippen LogP contribution in [0.4, 0.5) is 10.1 Å². The van der Waals surface area contributed by atoms with E-state index in [1.165, 1.54) is 26.0 Å². The lowest BCUT2D eigenvalue weighted by Crippen LogP contribution is -2.38. The van der Waals surface area contributed by atoms with Gasteiger partial charge in [-0.2, -0.15) is 0 Å². The number of nitrogen functional groups attached to an aromatic ring is 1. The van der Waals surface area contributed by atoms with E-state index >= 15 is 0 Å². The Hall–Kier alpha value is -2.52. The molecule has 134 valence electrons. The average molecular weight is 367 g/mol. The summed E-state index contributed by atoms with van der Waals surface area (Å²) in [5.41, 5.74) is 4.31.